The average molecular weight is 346 g/mol. The van der Waals surface area contributed by atoms with E-state index in [9.17, 15) is 9.59 Å². The molecule has 3 heterocycles. The molecule has 1 N–H and O–H groups in total. The summed E-state index contributed by atoms with van der Waals surface area (Å²) in [5.41, 5.74) is -0.210. The van der Waals surface area contributed by atoms with Gasteiger partial charge >= 0.3 is 6.03 Å². The van der Waals surface area contributed by atoms with Crippen LogP contribution in [0.1, 0.15) is 27.2 Å². The van der Waals surface area contributed by atoms with Crippen molar-refractivity contribution in [2.75, 3.05) is 37.6 Å². The molecule has 1 atom stereocenters. The highest BCUT2D eigenvalue weighted by Gasteiger charge is 2.37. The monoisotopic (exact) mass is 346 g/mol. The maximum Gasteiger partial charge on any atom is 0.317 e. The van der Waals surface area contributed by atoms with Gasteiger partial charge in [-0.05, 0) is 26.8 Å². The summed E-state index contributed by atoms with van der Waals surface area (Å²) < 4.78 is 0. The van der Waals surface area contributed by atoms with Gasteiger partial charge in [0.15, 0.2) is 0 Å². The first-order chi connectivity index (χ1) is 11.8. The molecule has 8 heteroatoms. The lowest BCUT2D eigenvalue weighted by molar-refractivity contribution is -0.131. The Bertz CT molecular complexity index is 622. The number of piperazine rings is 1. The SMILES string of the molecule is CC(C)(C)N1CC(NC(=O)N2CCN(c3ncccn3)CC2)CC1=O. The molecule has 0 radical (unpaired) electrons. The van der Waals surface area contributed by atoms with Crippen molar-refractivity contribution in [1.82, 2.24) is 25.1 Å². The van der Waals surface area contributed by atoms with Crippen LogP contribution in [0.4, 0.5) is 10.7 Å². The molecule has 8 nitrogen and oxygen atoms in total. The molecular formula is C17H26N6O2. The molecule has 1 unspecified atom stereocenters. The highest BCUT2D eigenvalue weighted by molar-refractivity contribution is 5.82. The summed E-state index contributed by atoms with van der Waals surface area (Å²) in [4.78, 5) is 38.8. The Labute approximate surface area is 148 Å². The second-order valence-corrected chi connectivity index (χ2v) is 7.55. The van der Waals surface area contributed by atoms with Crippen molar-refractivity contribution in [2.45, 2.75) is 38.8 Å². The molecule has 3 amide bonds. The quantitative estimate of drug-likeness (QED) is 0.853. The van der Waals surface area contributed by atoms with Gasteiger partial charge in [0.25, 0.3) is 0 Å². The van der Waals surface area contributed by atoms with Crippen molar-refractivity contribution < 1.29 is 9.59 Å². The number of aromatic nitrogens is 2. The van der Waals surface area contributed by atoms with Gasteiger partial charge in [-0.2, -0.15) is 0 Å². The number of nitrogens with one attached hydrogen (secondary N) is 1. The maximum atomic E-state index is 12.5. The molecule has 1 aromatic heterocycles. The van der Waals surface area contributed by atoms with Gasteiger partial charge in [-0.3, -0.25) is 4.79 Å². The van der Waals surface area contributed by atoms with Gasteiger partial charge in [-0.25, -0.2) is 14.8 Å². The lowest BCUT2D eigenvalue weighted by atomic mass is 10.1. The summed E-state index contributed by atoms with van der Waals surface area (Å²) in [5.74, 6) is 0.800. The smallest absolute Gasteiger partial charge is 0.317 e. The molecule has 25 heavy (non-hydrogen) atoms. The van der Waals surface area contributed by atoms with Gasteiger partial charge in [0.2, 0.25) is 11.9 Å². The number of rotatable bonds is 2. The number of carbonyl (C=O) groups is 2. The van der Waals surface area contributed by atoms with E-state index in [-0.39, 0.29) is 23.5 Å². The molecule has 0 saturated carbocycles. The largest absolute Gasteiger partial charge is 0.337 e. The third-order valence-electron chi connectivity index (χ3n) is 4.66. The van der Waals surface area contributed by atoms with Crippen LogP contribution in [0.15, 0.2) is 18.5 Å². The van der Waals surface area contributed by atoms with E-state index >= 15 is 0 Å². The zero-order valence-electron chi connectivity index (χ0n) is 15.1. The van der Waals surface area contributed by atoms with Crippen LogP contribution in [0.3, 0.4) is 0 Å². The molecule has 0 aromatic carbocycles. The standard InChI is InChI=1S/C17H26N6O2/c1-17(2,3)23-12-13(11-14(23)24)20-16(25)22-9-7-21(8-10-22)15-18-5-4-6-19-15/h4-6,13H,7-12H2,1-3H3,(H,20,25). The van der Waals surface area contributed by atoms with E-state index in [0.29, 0.717) is 45.1 Å². The lowest BCUT2D eigenvalue weighted by Crippen LogP contribution is -2.54. The summed E-state index contributed by atoms with van der Waals surface area (Å²) in [6.07, 6.45) is 3.82. The Hall–Kier alpha value is -2.38. The number of anilines is 1. The number of likely N-dealkylation sites (tertiary alicyclic amines) is 1. The minimum atomic E-state index is -0.210. The van der Waals surface area contributed by atoms with Crippen molar-refractivity contribution in [1.29, 1.82) is 0 Å². The normalized spacial score (nSPS) is 21.6. The van der Waals surface area contributed by atoms with Crippen molar-refractivity contribution >= 4 is 17.9 Å². The molecule has 0 aliphatic carbocycles. The van der Waals surface area contributed by atoms with Crippen LogP contribution >= 0.6 is 0 Å². The molecule has 136 valence electrons. The Morgan fingerprint density at radius 2 is 1.80 bits per heavy atom. The number of carbonyl (C=O) groups excluding carboxylic acids is 2. The van der Waals surface area contributed by atoms with E-state index in [2.05, 4.69) is 20.2 Å². The number of amides is 3. The summed E-state index contributed by atoms with van der Waals surface area (Å²) in [6.45, 7) is 9.26. The van der Waals surface area contributed by atoms with Crippen LogP contribution in [0.2, 0.25) is 0 Å². The molecule has 2 aliphatic heterocycles. The summed E-state index contributed by atoms with van der Waals surface area (Å²) in [7, 11) is 0. The van der Waals surface area contributed by atoms with E-state index in [0.717, 1.165) is 0 Å². The number of hydrogen-bond acceptors (Lipinski definition) is 5. The third kappa shape index (κ3) is 4.00. The average Bonchev–Trinajstić information content (AvgIpc) is 2.96. The van der Waals surface area contributed by atoms with E-state index in [1.54, 1.807) is 23.4 Å². The molecule has 2 saturated heterocycles. The Morgan fingerprint density at radius 1 is 1.16 bits per heavy atom. The zero-order valence-corrected chi connectivity index (χ0v) is 15.1. The van der Waals surface area contributed by atoms with Gasteiger partial charge in [-0.15, -0.1) is 0 Å². The second kappa shape index (κ2) is 6.85. The minimum absolute atomic E-state index is 0.0952. The predicted molar refractivity (Wildman–Crippen MR) is 94.2 cm³/mol. The Balaban J connectivity index is 1.50. The molecule has 1 aromatic rings. The van der Waals surface area contributed by atoms with Crippen LogP contribution in [0.25, 0.3) is 0 Å². The van der Waals surface area contributed by atoms with Gasteiger partial charge in [0.05, 0.1) is 6.04 Å². The van der Waals surface area contributed by atoms with Gasteiger partial charge in [0.1, 0.15) is 0 Å². The maximum absolute atomic E-state index is 12.5. The highest BCUT2D eigenvalue weighted by atomic mass is 16.2. The first-order valence-corrected chi connectivity index (χ1v) is 8.72. The third-order valence-corrected chi connectivity index (χ3v) is 4.66. The van der Waals surface area contributed by atoms with Gasteiger partial charge in [0, 0.05) is 57.1 Å². The fourth-order valence-electron chi connectivity index (χ4n) is 3.28. The first-order valence-electron chi connectivity index (χ1n) is 8.72. The topological polar surface area (TPSA) is 81.7 Å². The number of nitrogens with zero attached hydrogens (tertiary/aromatic N) is 5. The molecule has 3 rings (SSSR count). The summed E-state index contributed by atoms with van der Waals surface area (Å²) in [5, 5.41) is 3.01. The molecule has 2 aliphatic rings. The highest BCUT2D eigenvalue weighted by Crippen LogP contribution is 2.22. The van der Waals surface area contributed by atoms with Crippen molar-refractivity contribution in [3.63, 3.8) is 0 Å². The van der Waals surface area contributed by atoms with E-state index in [1.807, 2.05) is 25.7 Å². The van der Waals surface area contributed by atoms with Crippen LogP contribution in [-0.4, -0.2) is 76.0 Å². The lowest BCUT2D eigenvalue weighted by Gasteiger charge is -2.35. The van der Waals surface area contributed by atoms with E-state index in [4.69, 9.17) is 0 Å². The van der Waals surface area contributed by atoms with Crippen molar-refractivity contribution in [3.8, 4) is 0 Å². The van der Waals surface area contributed by atoms with Crippen LogP contribution in [0, 0.1) is 0 Å². The number of hydrogen-bond donors (Lipinski definition) is 1. The van der Waals surface area contributed by atoms with E-state index < -0.39 is 0 Å². The molecule has 0 bridgehead atoms. The van der Waals surface area contributed by atoms with Gasteiger partial charge < -0.3 is 20.0 Å². The number of urea groups is 1. The van der Waals surface area contributed by atoms with Gasteiger partial charge in [-0.1, -0.05) is 0 Å². The fraction of sp³-hybridized carbons (Fsp3) is 0.647. The van der Waals surface area contributed by atoms with Crippen molar-refractivity contribution in [2.24, 2.45) is 0 Å². The first kappa shape index (κ1) is 17.4. The second-order valence-electron chi connectivity index (χ2n) is 7.55. The van der Waals surface area contributed by atoms with Crippen LogP contribution in [0.5, 0.6) is 0 Å². The summed E-state index contributed by atoms with van der Waals surface area (Å²) >= 11 is 0. The van der Waals surface area contributed by atoms with Crippen LogP contribution in [-0.2, 0) is 4.79 Å². The molecular weight excluding hydrogens is 320 g/mol. The zero-order chi connectivity index (χ0) is 18.0. The van der Waals surface area contributed by atoms with Crippen molar-refractivity contribution in [3.05, 3.63) is 18.5 Å². The fourth-order valence-corrected chi connectivity index (χ4v) is 3.28. The predicted octanol–water partition coefficient (Wildman–Crippen LogP) is 0.708. The van der Waals surface area contributed by atoms with E-state index in [1.165, 1.54) is 0 Å². The van der Waals surface area contributed by atoms with Crippen LogP contribution < -0.4 is 10.2 Å². The Kier molecular flexibility index (Phi) is 4.78. The summed E-state index contributed by atoms with van der Waals surface area (Å²) in [6, 6.07) is 1.58. The molecule has 0 spiro atoms. The Morgan fingerprint density at radius 3 is 2.36 bits per heavy atom. The minimum Gasteiger partial charge on any atom is -0.337 e. The molecule has 2 fully saturated rings.